The van der Waals surface area contributed by atoms with Crippen LogP contribution >= 0.6 is 24.0 Å². The van der Waals surface area contributed by atoms with Gasteiger partial charge in [-0.2, -0.15) is 5.10 Å². The first-order valence-corrected chi connectivity index (χ1v) is 10.6. The van der Waals surface area contributed by atoms with E-state index < -0.39 is 0 Å². The van der Waals surface area contributed by atoms with Crippen molar-refractivity contribution in [2.24, 2.45) is 4.99 Å². The van der Waals surface area contributed by atoms with Crippen LogP contribution in [0.5, 0.6) is 0 Å². The third kappa shape index (κ3) is 6.07. The molecule has 4 rings (SSSR count). The summed E-state index contributed by atoms with van der Waals surface area (Å²) < 4.78 is 1.90. The smallest absolute Gasteiger partial charge is 0.191 e. The Hall–Kier alpha value is -2.39. The monoisotopic (exact) mass is 530 g/mol. The van der Waals surface area contributed by atoms with Gasteiger partial charge in [0.05, 0.1) is 5.69 Å². The summed E-state index contributed by atoms with van der Waals surface area (Å²) in [6.45, 7) is 5.00. The SMILES string of the molecule is CN=C(NCc1ccccc1-n1cccn1)NC1CC(C)N(Cc2ccccc2)C1.I. The molecular weight excluding hydrogens is 499 g/mol. The van der Waals surface area contributed by atoms with Crippen LogP contribution in [0, 0.1) is 0 Å². The molecule has 2 aromatic carbocycles. The number of para-hydroxylation sites is 1. The van der Waals surface area contributed by atoms with Crippen LogP contribution in [-0.2, 0) is 13.1 Å². The molecule has 0 amide bonds. The maximum atomic E-state index is 4.45. The van der Waals surface area contributed by atoms with Crippen molar-refractivity contribution < 1.29 is 0 Å². The molecule has 0 spiro atoms. The lowest BCUT2D eigenvalue weighted by atomic mass is 10.1. The predicted octanol–water partition coefficient (Wildman–Crippen LogP) is 3.82. The molecule has 6 nitrogen and oxygen atoms in total. The van der Waals surface area contributed by atoms with Gasteiger partial charge in [0.2, 0.25) is 0 Å². The van der Waals surface area contributed by atoms with Gasteiger partial charge < -0.3 is 10.6 Å². The van der Waals surface area contributed by atoms with Crippen molar-refractivity contribution in [3.8, 4) is 5.69 Å². The largest absolute Gasteiger partial charge is 0.352 e. The van der Waals surface area contributed by atoms with E-state index in [1.807, 2.05) is 30.1 Å². The summed E-state index contributed by atoms with van der Waals surface area (Å²) in [7, 11) is 1.83. The van der Waals surface area contributed by atoms with E-state index in [-0.39, 0.29) is 24.0 Å². The Morgan fingerprint density at radius 2 is 1.87 bits per heavy atom. The van der Waals surface area contributed by atoms with Gasteiger partial charge in [0.1, 0.15) is 0 Å². The van der Waals surface area contributed by atoms with E-state index in [9.17, 15) is 0 Å². The molecule has 0 saturated carbocycles. The summed E-state index contributed by atoms with van der Waals surface area (Å²) in [5, 5.41) is 11.5. The van der Waals surface area contributed by atoms with E-state index in [0.29, 0.717) is 18.6 Å². The molecule has 1 aliphatic heterocycles. The Morgan fingerprint density at radius 1 is 1.10 bits per heavy atom. The number of benzene rings is 2. The van der Waals surface area contributed by atoms with Crippen LogP contribution < -0.4 is 10.6 Å². The second-order valence-corrected chi connectivity index (χ2v) is 7.85. The van der Waals surface area contributed by atoms with Crippen LogP contribution in [0.3, 0.4) is 0 Å². The highest BCUT2D eigenvalue weighted by molar-refractivity contribution is 14.0. The lowest BCUT2D eigenvalue weighted by Crippen LogP contribution is -2.44. The second kappa shape index (κ2) is 11.3. The van der Waals surface area contributed by atoms with Crippen molar-refractivity contribution >= 4 is 29.9 Å². The van der Waals surface area contributed by atoms with Crippen LogP contribution in [0.25, 0.3) is 5.69 Å². The van der Waals surface area contributed by atoms with Crippen LogP contribution in [0.2, 0.25) is 0 Å². The van der Waals surface area contributed by atoms with Gasteiger partial charge in [-0.1, -0.05) is 48.5 Å². The fraction of sp³-hybridized carbons (Fsp3) is 0.333. The molecule has 31 heavy (non-hydrogen) atoms. The number of hydrogen-bond donors (Lipinski definition) is 2. The van der Waals surface area contributed by atoms with Crippen LogP contribution in [0.1, 0.15) is 24.5 Å². The summed E-state index contributed by atoms with van der Waals surface area (Å²) in [5.41, 5.74) is 3.62. The Kier molecular flexibility index (Phi) is 8.48. The highest BCUT2D eigenvalue weighted by Gasteiger charge is 2.29. The standard InChI is InChI=1S/C24H30N6.HI/c1-19-15-22(18-29(19)17-20-9-4-3-5-10-20)28-24(25-2)26-16-21-11-6-7-12-23(21)30-14-8-13-27-30;/h3-14,19,22H,15-18H2,1-2H3,(H2,25,26,28);1H. The zero-order valence-electron chi connectivity index (χ0n) is 18.1. The fourth-order valence-corrected chi connectivity index (χ4v) is 4.10. The number of aliphatic imine (C=N–C) groups is 1. The topological polar surface area (TPSA) is 57.5 Å². The number of nitrogens with one attached hydrogen (secondary N) is 2. The lowest BCUT2D eigenvalue weighted by molar-refractivity contribution is 0.258. The number of rotatable bonds is 6. The van der Waals surface area contributed by atoms with E-state index in [1.54, 1.807) is 6.20 Å². The van der Waals surface area contributed by atoms with Crippen LogP contribution in [0.15, 0.2) is 78.0 Å². The van der Waals surface area contributed by atoms with Crippen molar-refractivity contribution in [1.82, 2.24) is 25.3 Å². The van der Waals surface area contributed by atoms with Crippen molar-refractivity contribution in [3.05, 3.63) is 84.2 Å². The van der Waals surface area contributed by atoms with Gasteiger partial charge in [-0.25, -0.2) is 4.68 Å². The molecule has 164 valence electrons. The molecule has 2 N–H and O–H groups in total. The average molecular weight is 530 g/mol. The third-order valence-corrected chi connectivity index (χ3v) is 5.69. The van der Waals surface area contributed by atoms with Crippen LogP contribution in [-0.4, -0.2) is 46.3 Å². The number of halogens is 1. The fourth-order valence-electron chi connectivity index (χ4n) is 4.10. The summed E-state index contributed by atoms with van der Waals surface area (Å²) >= 11 is 0. The lowest BCUT2D eigenvalue weighted by Gasteiger charge is -2.21. The maximum Gasteiger partial charge on any atom is 0.191 e. The average Bonchev–Trinajstić information content (AvgIpc) is 3.42. The number of nitrogens with zero attached hydrogens (tertiary/aromatic N) is 4. The van der Waals surface area contributed by atoms with E-state index in [2.05, 4.69) is 81.1 Å². The number of guanidine groups is 1. The Morgan fingerprint density at radius 3 is 2.61 bits per heavy atom. The molecule has 0 bridgehead atoms. The second-order valence-electron chi connectivity index (χ2n) is 7.85. The number of likely N-dealkylation sites (tertiary alicyclic amines) is 1. The minimum Gasteiger partial charge on any atom is -0.352 e. The Balaban J connectivity index is 0.00000272. The molecule has 3 aromatic rings. The predicted molar refractivity (Wildman–Crippen MR) is 137 cm³/mol. The quantitative estimate of drug-likeness (QED) is 0.289. The Labute approximate surface area is 201 Å². The minimum absolute atomic E-state index is 0. The van der Waals surface area contributed by atoms with E-state index in [4.69, 9.17) is 0 Å². The minimum atomic E-state index is 0. The van der Waals surface area contributed by atoms with Crippen molar-refractivity contribution in [1.29, 1.82) is 0 Å². The zero-order valence-corrected chi connectivity index (χ0v) is 20.4. The maximum absolute atomic E-state index is 4.45. The first kappa shape index (κ1) is 23.3. The first-order valence-electron chi connectivity index (χ1n) is 10.6. The van der Waals surface area contributed by atoms with E-state index in [0.717, 1.165) is 31.2 Å². The van der Waals surface area contributed by atoms with Gasteiger partial charge in [-0.05, 0) is 36.6 Å². The molecular formula is C24H31IN6. The molecule has 0 aliphatic carbocycles. The molecule has 2 heterocycles. The number of aromatic nitrogens is 2. The van der Waals surface area contributed by atoms with Crippen molar-refractivity contribution in [2.45, 2.75) is 38.5 Å². The molecule has 1 aliphatic rings. The normalized spacial score (nSPS) is 19.1. The first-order chi connectivity index (χ1) is 14.7. The van der Waals surface area contributed by atoms with Crippen molar-refractivity contribution in [3.63, 3.8) is 0 Å². The summed E-state index contributed by atoms with van der Waals surface area (Å²) in [5.74, 6) is 0.837. The van der Waals surface area contributed by atoms with Gasteiger partial charge in [0, 0.05) is 51.2 Å². The molecule has 7 heteroatoms. The van der Waals surface area contributed by atoms with E-state index >= 15 is 0 Å². The molecule has 1 aromatic heterocycles. The van der Waals surface area contributed by atoms with Gasteiger partial charge in [-0.15, -0.1) is 24.0 Å². The van der Waals surface area contributed by atoms with Crippen LogP contribution in [0.4, 0.5) is 0 Å². The van der Waals surface area contributed by atoms with Gasteiger partial charge >= 0.3 is 0 Å². The molecule has 2 unspecified atom stereocenters. The summed E-state index contributed by atoms with van der Waals surface area (Å²) in [6.07, 6.45) is 4.87. The number of hydrogen-bond acceptors (Lipinski definition) is 3. The molecule has 1 fully saturated rings. The summed E-state index contributed by atoms with van der Waals surface area (Å²) in [4.78, 5) is 6.98. The van der Waals surface area contributed by atoms with E-state index in [1.165, 1.54) is 11.1 Å². The molecule has 0 radical (unpaired) electrons. The molecule has 1 saturated heterocycles. The van der Waals surface area contributed by atoms with Crippen molar-refractivity contribution in [2.75, 3.05) is 13.6 Å². The van der Waals surface area contributed by atoms with Gasteiger partial charge in [0.15, 0.2) is 5.96 Å². The Bertz CT molecular complexity index is 957. The zero-order chi connectivity index (χ0) is 20.8. The third-order valence-electron chi connectivity index (χ3n) is 5.69. The molecule has 2 atom stereocenters. The van der Waals surface area contributed by atoms with Gasteiger partial charge in [-0.3, -0.25) is 9.89 Å². The highest BCUT2D eigenvalue weighted by Crippen LogP contribution is 2.20. The van der Waals surface area contributed by atoms with Gasteiger partial charge in [0.25, 0.3) is 0 Å². The summed E-state index contributed by atoms with van der Waals surface area (Å²) in [6, 6.07) is 21.9. The highest BCUT2D eigenvalue weighted by atomic mass is 127.